The molecular weight excluding hydrogens is 200 g/mol. The Labute approximate surface area is 98.1 Å². The average Bonchev–Trinajstić information content (AvgIpc) is 2.27. The van der Waals surface area contributed by atoms with Gasteiger partial charge >= 0.3 is 0 Å². The summed E-state index contributed by atoms with van der Waals surface area (Å²) in [6, 6.07) is 7.96. The molecule has 0 amide bonds. The number of hydrogen-bond acceptors (Lipinski definition) is 3. The summed E-state index contributed by atoms with van der Waals surface area (Å²) in [5, 5.41) is 7.87. The van der Waals surface area contributed by atoms with E-state index in [1.807, 2.05) is 24.4 Å². The first-order valence-corrected chi connectivity index (χ1v) is 5.29. The minimum Gasteiger partial charge on any atom is -0.384 e. The van der Waals surface area contributed by atoms with E-state index in [9.17, 15) is 0 Å². The molecule has 0 radical (unpaired) electrons. The number of rotatable bonds is 2. The molecule has 0 unspecified atom stereocenters. The highest BCUT2D eigenvalue weighted by Gasteiger charge is 2.13. The summed E-state index contributed by atoms with van der Waals surface area (Å²) in [6.07, 6.45) is 2.33. The molecule has 0 spiro atoms. The minimum atomic E-state index is 0.182. The maximum atomic E-state index is 7.87. The maximum absolute atomic E-state index is 7.87. The Balaban J connectivity index is 0.000000325. The predicted octanol–water partition coefficient (Wildman–Crippen LogP) is 2.93. The minimum absolute atomic E-state index is 0.182. The van der Waals surface area contributed by atoms with Crippen molar-refractivity contribution in [2.75, 3.05) is 13.7 Å². The van der Waals surface area contributed by atoms with E-state index in [0.717, 1.165) is 5.69 Å². The fourth-order valence-corrected chi connectivity index (χ4v) is 0.954. The van der Waals surface area contributed by atoms with Crippen molar-refractivity contribution in [2.24, 2.45) is 0 Å². The van der Waals surface area contributed by atoms with Gasteiger partial charge in [-0.05, 0) is 12.1 Å². The van der Waals surface area contributed by atoms with Gasteiger partial charge in [0.05, 0.1) is 19.1 Å². The van der Waals surface area contributed by atoms with Gasteiger partial charge in [0.25, 0.3) is 0 Å². The fraction of sp³-hybridized carbons (Fsp3) is 0.538. The molecule has 0 fully saturated rings. The Bertz CT molecular complexity index is 309. The Hall–Kier alpha value is -1.40. The van der Waals surface area contributed by atoms with Gasteiger partial charge in [0.15, 0.2) is 0 Å². The van der Waals surface area contributed by atoms with E-state index < -0.39 is 0 Å². The van der Waals surface area contributed by atoms with Crippen LogP contribution in [0.15, 0.2) is 24.4 Å². The summed E-state index contributed by atoms with van der Waals surface area (Å²) in [5.74, 6) is 0. The summed E-state index contributed by atoms with van der Waals surface area (Å²) in [6.45, 7) is 7.04. The number of methoxy groups -OCH3 is 1. The van der Waals surface area contributed by atoms with Crippen LogP contribution < -0.4 is 0 Å². The van der Waals surface area contributed by atoms with Crippen LogP contribution in [-0.4, -0.2) is 18.7 Å². The molecule has 0 bridgehead atoms. The van der Waals surface area contributed by atoms with E-state index in [0.29, 0.717) is 13.0 Å². The van der Waals surface area contributed by atoms with Crippen LogP contribution in [0.1, 0.15) is 32.9 Å². The zero-order valence-corrected chi connectivity index (χ0v) is 10.5. The lowest BCUT2D eigenvalue weighted by molar-refractivity contribution is 0.205. The van der Waals surface area contributed by atoms with Crippen LogP contribution in [0.5, 0.6) is 0 Å². The molecule has 0 saturated heterocycles. The summed E-state index contributed by atoms with van der Waals surface area (Å²) in [4.78, 5) is 4.25. The van der Waals surface area contributed by atoms with Gasteiger partial charge in [0.2, 0.25) is 0 Å². The van der Waals surface area contributed by atoms with Crippen LogP contribution in [0.4, 0.5) is 0 Å². The zero-order valence-electron chi connectivity index (χ0n) is 10.5. The molecule has 0 aliphatic rings. The first kappa shape index (κ1) is 14.6. The number of hydrogen-bond donors (Lipinski definition) is 0. The van der Waals surface area contributed by atoms with Crippen LogP contribution in [-0.2, 0) is 10.2 Å². The van der Waals surface area contributed by atoms with Crippen LogP contribution >= 0.6 is 0 Å². The van der Waals surface area contributed by atoms with Crippen LogP contribution in [0, 0.1) is 11.3 Å². The van der Waals surface area contributed by atoms with E-state index in [1.54, 1.807) is 7.11 Å². The van der Waals surface area contributed by atoms with Crippen LogP contribution in [0.2, 0.25) is 0 Å². The van der Waals surface area contributed by atoms with E-state index >= 15 is 0 Å². The van der Waals surface area contributed by atoms with Gasteiger partial charge in [-0.1, -0.05) is 26.8 Å². The van der Waals surface area contributed by atoms with Gasteiger partial charge in [-0.25, -0.2) is 0 Å². The lowest BCUT2D eigenvalue weighted by Crippen LogP contribution is -2.12. The van der Waals surface area contributed by atoms with Gasteiger partial charge < -0.3 is 4.74 Å². The number of nitriles is 1. The molecule has 0 aliphatic heterocycles. The molecule has 1 heterocycles. The second-order valence-corrected chi connectivity index (χ2v) is 4.37. The highest BCUT2D eigenvalue weighted by molar-refractivity contribution is 5.12. The summed E-state index contributed by atoms with van der Waals surface area (Å²) >= 11 is 0. The van der Waals surface area contributed by atoms with Crippen molar-refractivity contribution in [3.8, 4) is 6.07 Å². The molecule has 0 aliphatic carbocycles. The van der Waals surface area contributed by atoms with Crippen molar-refractivity contribution in [2.45, 2.75) is 32.6 Å². The van der Waals surface area contributed by atoms with Crippen molar-refractivity contribution in [1.82, 2.24) is 4.98 Å². The largest absolute Gasteiger partial charge is 0.384 e. The monoisotopic (exact) mass is 220 g/mol. The highest BCUT2D eigenvalue weighted by Crippen LogP contribution is 2.18. The third-order valence-corrected chi connectivity index (χ3v) is 1.85. The molecule has 1 rings (SSSR count). The summed E-state index contributed by atoms with van der Waals surface area (Å²) < 4.78 is 4.56. The second-order valence-electron chi connectivity index (χ2n) is 4.37. The van der Waals surface area contributed by atoms with Crippen LogP contribution in [0.25, 0.3) is 0 Å². The summed E-state index contributed by atoms with van der Waals surface area (Å²) in [7, 11) is 1.58. The fourth-order valence-electron chi connectivity index (χ4n) is 0.954. The van der Waals surface area contributed by atoms with Crippen molar-refractivity contribution < 1.29 is 4.74 Å². The molecule has 0 N–H and O–H groups in total. The van der Waals surface area contributed by atoms with Gasteiger partial charge in [0.1, 0.15) is 0 Å². The van der Waals surface area contributed by atoms with E-state index in [4.69, 9.17) is 5.26 Å². The Morgan fingerprint density at radius 3 is 2.31 bits per heavy atom. The standard InChI is InChI=1S/C9H13N.C4H7NO/c1-9(2,3)8-6-4-5-7-10-8;1-6-4-2-3-5/h4-7H,1-3H3;2,4H2,1H3. The Morgan fingerprint density at radius 1 is 1.38 bits per heavy atom. The number of pyridine rings is 1. The Kier molecular flexibility index (Phi) is 7.15. The number of ether oxygens (including phenoxy) is 1. The first-order chi connectivity index (χ1) is 7.52. The zero-order chi connectivity index (χ0) is 12.4. The summed E-state index contributed by atoms with van der Waals surface area (Å²) in [5.41, 5.74) is 1.33. The molecule has 3 heteroatoms. The molecule has 1 aromatic rings. The molecular formula is C13H20N2O. The van der Waals surface area contributed by atoms with Crippen molar-refractivity contribution in [3.05, 3.63) is 30.1 Å². The van der Waals surface area contributed by atoms with Gasteiger partial charge in [0, 0.05) is 24.4 Å². The van der Waals surface area contributed by atoms with E-state index in [2.05, 4.69) is 36.6 Å². The molecule has 0 aromatic carbocycles. The number of aromatic nitrogens is 1. The molecule has 3 nitrogen and oxygen atoms in total. The average molecular weight is 220 g/mol. The normalized spacial score (nSPS) is 9.94. The van der Waals surface area contributed by atoms with E-state index in [1.165, 1.54) is 0 Å². The van der Waals surface area contributed by atoms with Gasteiger partial charge in [-0.2, -0.15) is 5.26 Å². The lowest BCUT2D eigenvalue weighted by Gasteiger charge is -2.16. The van der Waals surface area contributed by atoms with Gasteiger partial charge in [-0.15, -0.1) is 0 Å². The van der Waals surface area contributed by atoms with Crippen molar-refractivity contribution >= 4 is 0 Å². The first-order valence-electron chi connectivity index (χ1n) is 5.29. The van der Waals surface area contributed by atoms with Gasteiger partial charge in [-0.3, -0.25) is 4.98 Å². The second kappa shape index (κ2) is 7.84. The predicted molar refractivity (Wildman–Crippen MR) is 65.0 cm³/mol. The highest BCUT2D eigenvalue weighted by atomic mass is 16.5. The quantitative estimate of drug-likeness (QED) is 0.720. The van der Waals surface area contributed by atoms with E-state index in [-0.39, 0.29) is 5.41 Å². The van der Waals surface area contributed by atoms with Crippen molar-refractivity contribution in [1.29, 1.82) is 5.26 Å². The molecule has 0 atom stereocenters. The third-order valence-electron chi connectivity index (χ3n) is 1.85. The lowest BCUT2D eigenvalue weighted by atomic mass is 9.92. The topological polar surface area (TPSA) is 45.9 Å². The molecule has 16 heavy (non-hydrogen) atoms. The number of nitrogens with zero attached hydrogens (tertiary/aromatic N) is 2. The van der Waals surface area contributed by atoms with Crippen molar-refractivity contribution in [3.63, 3.8) is 0 Å². The Morgan fingerprint density at radius 2 is 2.06 bits per heavy atom. The molecule has 0 saturated carbocycles. The van der Waals surface area contributed by atoms with Crippen LogP contribution in [0.3, 0.4) is 0 Å². The maximum Gasteiger partial charge on any atom is 0.0645 e. The SMILES string of the molecule is CC(C)(C)c1ccccn1.COCCC#N. The third kappa shape index (κ3) is 6.97. The smallest absolute Gasteiger partial charge is 0.0645 e. The molecule has 1 aromatic heterocycles. The molecule has 88 valence electrons.